The number of hydrogen-bond acceptors (Lipinski definition) is 6. The third-order valence-corrected chi connectivity index (χ3v) is 2.53. The number of carboxylic acids is 1. The molecule has 0 radical (unpaired) electrons. The summed E-state index contributed by atoms with van der Waals surface area (Å²) in [5.74, 6) is -1.49. The van der Waals surface area contributed by atoms with Gasteiger partial charge in [0.25, 0.3) is 0 Å². The summed E-state index contributed by atoms with van der Waals surface area (Å²) in [7, 11) is 3.49. The lowest BCUT2D eigenvalue weighted by Crippen LogP contribution is -2.19. The van der Waals surface area contributed by atoms with Crippen molar-refractivity contribution in [1.29, 1.82) is 0 Å². The van der Waals surface area contributed by atoms with Crippen LogP contribution in [0.15, 0.2) is 0 Å². The maximum absolute atomic E-state index is 11.1. The monoisotopic (exact) mass is 229 g/mol. The normalized spacial score (nSPS) is 10.4. The fourth-order valence-corrected chi connectivity index (χ4v) is 1.87. The van der Waals surface area contributed by atoms with E-state index < -0.39 is 5.97 Å². The molecule has 0 aliphatic heterocycles. The van der Waals surface area contributed by atoms with Crippen LogP contribution in [0, 0.1) is 0 Å². The minimum absolute atomic E-state index is 0.159. The smallest absolute Gasteiger partial charge is 0.356 e. The van der Waals surface area contributed by atoms with Crippen molar-refractivity contribution in [2.45, 2.75) is 6.92 Å². The first-order valence-electron chi connectivity index (χ1n) is 4.11. The van der Waals surface area contributed by atoms with E-state index in [9.17, 15) is 9.59 Å². The van der Waals surface area contributed by atoms with E-state index in [2.05, 4.69) is 10.4 Å². The highest BCUT2D eigenvalue weighted by atomic mass is 32.1. The summed E-state index contributed by atoms with van der Waals surface area (Å²) in [6.45, 7) is 1.32. The van der Waals surface area contributed by atoms with E-state index in [4.69, 9.17) is 5.11 Å². The lowest BCUT2D eigenvalue weighted by atomic mass is 10.3. The first-order chi connectivity index (χ1) is 6.91. The van der Waals surface area contributed by atoms with Crippen molar-refractivity contribution in [3.63, 3.8) is 0 Å². The maximum Gasteiger partial charge on any atom is 0.356 e. The highest BCUT2D eigenvalue weighted by Gasteiger charge is 2.20. The number of carbonyl (C=O) groups is 2. The summed E-state index contributed by atoms with van der Waals surface area (Å²) in [5.41, 5.74) is 2.60. The Morgan fingerprint density at radius 2 is 2.07 bits per heavy atom. The van der Waals surface area contributed by atoms with Crippen LogP contribution in [0.3, 0.4) is 0 Å². The van der Waals surface area contributed by atoms with Crippen LogP contribution in [0.4, 0.5) is 5.13 Å². The Kier molecular flexibility index (Phi) is 3.38. The van der Waals surface area contributed by atoms with Gasteiger partial charge in [-0.25, -0.2) is 14.8 Å². The zero-order valence-electron chi connectivity index (χ0n) is 8.57. The van der Waals surface area contributed by atoms with Crippen LogP contribution in [0.1, 0.15) is 27.1 Å². The fraction of sp³-hybridized carbons (Fsp3) is 0.375. The third-order valence-electron chi connectivity index (χ3n) is 1.47. The van der Waals surface area contributed by atoms with Crippen LogP contribution < -0.4 is 5.43 Å². The van der Waals surface area contributed by atoms with Crippen molar-refractivity contribution in [2.75, 3.05) is 19.5 Å². The molecule has 2 N–H and O–H groups in total. The highest BCUT2D eigenvalue weighted by molar-refractivity contribution is 7.17. The number of carbonyl (C=O) groups excluding carboxylic acids is 1. The summed E-state index contributed by atoms with van der Waals surface area (Å²) in [5, 5.41) is 10.8. The minimum Gasteiger partial charge on any atom is -0.476 e. The number of aromatic nitrogens is 1. The predicted octanol–water partition coefficient (Wildman–Crippen LogP) is 0.932. The van der Waals surface area contributed by atoms with E-state index in [0.29, 0.717) is 5.13 Å². The lowest BCUT2D eigenvalue weighted by Gasteiger charge is -2.08. The van der Waals surface area contributed by atoms with Gasteiger partial charge < -0.3 is 5.11 Å². The minimum atomic E-state index is -1.19. The van der Waals surface area contributed by atoms with Gasteiger partial charge in [-0.05, 0) is 0 Å². The number of ketones is 1. The van der Waals surface area contributed by atoms with Crippen LogP contribution >= 0.6 is 11.3 Å². The highest BCUT2D eigenvalue weighted by Crippen LogP contribution is 2.23. The number of hydrazine groups is 1. The summed E-state index contributed by atoms with van der Waals surface area (Å²) < 4.78 is 0. The molecule has 1 rings (SSSR count). The van der Waals surface area contributed by atoms with Gasteiger partial charge in [-0.3, -0.25) is 10.2 Å². The van der Waals surface area contributed by atoms with Crippen LogP contribution in [0.2, 0.25) is 0 Å². The number of Topliss-reactive ketones (excluding diaryl/α,β-unsaturated/α-hetero) is 1. The topological polar surface area (TPSA) is 82.5 Å². The van der Waals surface area contributed by atoms with Crippen LogP contribution in [0.25, 0.3) is 0 Å². The summed E-state index contributed by atoms with van der Waals surface area (Å²) in [4.78, 5) is 25.9. The molecule has 0 fully saturated rings. The molecule has 0 saturated heterocycles. The molecule has 7 heteroatoms. The van der Waals surface area contributed by atoms with Crippen molar-refractivity contribution in [1.82, 2.24) is 9.99 Å². The van der Waals surface area contributed by atoms with E-state index >= 15 is 0 Å². The summed E-state index contributed by atoms with van der Waals surface area (Å²) in [6, 6.07) is 0. The van der Waals surface area contributed by atoms with Gasteiger partial charge in [0.2, 0.25) is 0 Å². The predicted molar refractivity (Wildman–Crippen MR) is 56.4 cm³/mol. The van der Waals surface area contributed by atoms with E-state index in [1.54, 1.807) is 19.1 Å². The Hall–Kier alpha value is -1.47. The molecule has 0 aromatic carbocycles. The van der Waals surface area contributed by atoms with E-state index in [1.165, 1.54) is 6.92 Å². The zero-order valence-corrected chi connectivity index (χ0v) is 9.38. The number of rotatable bonds is 4. The summed E-state index contributed by atoms with van der Waals surface area (Å²) >= 11 is 1.03. The van der Waals surface area contributed by atoms with Gasteiger partial charge >= 0.3 is 5.97 Å². The molecule has 1 aromatic heterocycles. The number of aromatic carboxylic acids is 1. The van der Waals surface area contributed by atoms with Gasteiger partial charge in [0.05, 0.1) is 0 Å². The van der Waals surface area contributed by atoms with E-state index in [-0.39, 0.29) is 16.4 Å². The first kappa shape index (κ1) is 11.6. The van der Waals surface area contributed by atoms with Crippen LogP contribution in [0.5, 0.6) is 0 Å². The van der Waals surface area contributed by atoms with Gasteiger partial charge in [0, 0.05) is 21.0 Å². The van der Waals surface area contributed by atoms with Gasteiger partial charge in [0.1, 0.15) is 4.88 Å². The third kappa shape index (κ3) is 2.74. The number of hydrogen-bond donors (Lipinski definition) is 2. The molecule has 0 aliphatic carbocycles. The van der Waals surface area contributed by atoms with E-state index in [0.717, 1.165) is 11.3 Å². The molecule has 0 saturated carbocycles. The molecular weight excluding hydrogens is 218 g/mol. The number of carboxylic acid groups (broad SMARTS) is 1. The summed E-state index contributed by atoms with van der Waals surface area (Å²) in [6.07, 6.45) is 0. The van der Waals surface area contributed by atoms with Crippen molar-refractivity contribution in [3.05, 3.63) is 10.6 Å². The Labute approximate surface area is 90.5 Å². The maximum atomic E-state index is 11.1. The number of thiazole rings is 1. The second-order valence-corrected chi connectivity index (χ2v) is 4.06. The van der Waals surface area contributed by atoms with Gasteiger partial charge in [-0.1, -0.05) is 11.3 Å². The quantitative estimate of drug-likeness (QED) is 0.590. The van der Waals surface area contributed by atoms with Crippen molar-refractivity contribution < 1.29 is 14.7 Å². The van der Waals surface area contributed by atoms with Crippen molar-refractivity contribution in [2.24, 2.45) is 0 Å². The number of nitrogens with one attached hydrogen (secondary N) is 1. The Balaban J connectivity index is 3.09. The molecular formula is C8H11N3O3S. The zero-order chi connectivity index (χ0) is 11.6. The van der Waals surface area contributed by atoms with Crippen molar-refractivity contribution >= 4 is 28.2 Å². The van der Waals surface area contributed by atoms with Gasteiger partial charge in [-0.15, -0.1) is 0 Å². The Morgan fingerprint density at radius 3 is 2.40 bits per heavy atom. The average Bonchev–Trinajstić information content (AvgIpc) is 2.46. The molecule has 6 nitrogen and oxygen atoms in total. The number of anilines is 1. The molecule has 1 heterocycles. The molecule has 0 bridgehead atoms. The fourth-order valence-electron chi connectivity index (χ4n) is 0.943. The molecule has 0 aliphatic rings. The second kappa shape index (κ2) is 4.37. The van der Waals surface area contributed by atoms with Crippen LogP contribution in [-0.4, -0.2) is 40.9 Å². The molecule has 0 unspecified atom stereocenters. The molecule has 15 heavy (non-hydrogen) atoms. The Morgan fingerprint density at radius 1 is 1.47 bits per heavy atom. The average molecular weight is 229 g/mol. The SMILES string of the molecule is CC(=O)c1sc(NN(C)C)nc1C(=O)O. The van der Waals surface area contributed by atoms with Gasteiger partial charge in [0.15, 0.2) is 16.6 Å². The van der Waals surface area contributed by atoms with Crippen molar-refractivity contribution in [3.8, 4) is 0 Å². The number of nitrogens with zero attached hydrogens (tertiary/aromatic N) is 2. The molecule has 1 aromatic rings. The van der Waals surface area contributed by atoms with E-state index in [1.807, 2.05) is 0 Å². The first-order valence-corrected chi connectivity index (χ1v) is 4.92. The molecule has 0 atom stereocenters. The largest absolute Gasteiger partial charge is 0.476 e. The lowest BCUT2D eigenvalue weighted by molar-refractivity contribution is 0.0687. The molecule has 0 amide bonds. The molecule has 82 valence electrons. The van der Waals surface area contributed by atoms with Crippen LogP contribution in [-0.2, 0) is 0 Å². The standard InChI is InChI=1S/C8H11N3O3S/c1-4(12)6-5(7(13)14)9-8(15-6)10-11(2)3/h1-3H3,(H,9,10)(H,13,14). The van der Waals surface area contributed by atoms with Gasteiger partial charge in [-0.2, -0.15) is 0 Å². The second-order valence-electron chi connectivity index (χ2n) is 3.06. The molecule has 0 spiro atoms. The Bertz CT molecular complexity index is 368.